The van der Waals surface area contributed by atoms with Gasteiger partial charge in [-0.3, -0.25) is 0 Å². The molecule has 2 heterocycles. The fraction of sp³-hybridized carbons (Fsp3) is 0.0556. The van der Waals surface area contributed by atoms with Gasteiger partial charge in [-0.15, -0.1) is 11.3 Å². The average molecular weight is 334 g/mol. The summed E-state index contributed by atoms with van der Waals surface area (Å²) in [6.07, 6.45) is 0. The van der Waals surface area contributed by atoms with E-state index in [0.717, 1.165) is 15.6 Å². The fourth-order valence-electron chi connectivity index (χ4n) is 2.43. The van der Waals surface area contributed by atoms with Crippen molar-refractivity contribution in [2.75, 3.05) is 6.61 Å². The van der Waals surface area contributed by atoms with Gasteiger partial charge in [0.2, 0.25) is 0 Å². The van der Waals surface area contributed by atoms with Crippen molar-refractivity contribution in [3.05, 3.63) is 59.0 Å². The lowest BCUT2D eigenvalue weighted by Gasteiger charge is -2.03. The van der Waals surface area contributed by atoms with Gasteiger partial charge in [0.05, 0.1) is 15.8 Å². The summed E-state index contributed by atoms with van der Waals surface area (Å²) in [4.78, 5) is 16.8. The summed E-state index contributed by atoms with van der Waals surface area (Å²) in [7, 11) is 0. The summed E-state index contributed by atoms with van der Waals surface area (Å²) in [5.41, 5.74) is 1.27. The Kier molecular flexibility index (Phi) is 3.48. The van der Waals surface area contributed by atoms with Crippen LogP contribution in [0.25, 0.3) is 31.8 Å². The van der Waals surface area contributed by atoms with Crippen LogP contribution in [0, 0.1) is 11.3 Å². The Hall–Kier alpha value is -3.17. The minimum absolute atomic E-state index is 0.0560. The Labute approximate surface area is 140 Å². The monoisotopic (exact) mass is 334 g/mol. The topological polar surface area (TPSA) is 76.1 Å². The first-order valence-electron chi connectivity index (χ1n) is 7.18. The van der Waals surface area contributed by atoms with E-state index in [4.69, 9.17) is 14.4 Å². The van der Waals surface area contributed by atoms with E-state index in [1.165, 1.54) is 11.3 Å². The quantitative estimate of drug-likeness (QED) is 0.530. The third-order valence-electron chi connectivity index (χ3n) is 3.54. The Morgan fingerprint density at radius 1 is 1.21 bits per heavy atom. The highest BCUT2D eigenvalue weighted by atomic mass is 32.1. The first-order valence-corrected chi connectivity index (χ1v) is 8.00. The molecule has 0 aliphatic carbocycles. The van der Waals surface area contributed by atoms with Gasteiger partial charge in [0, 0.05) is 11.5 Å². The molecule has 0 atom stereocenters. The van der Waals surface area contributed by atoms with E-state index in [-0.39, 0.29) is 6.61 Å². The molecule has 2 aromatic carbocycles. The maximum atomic E-state index is 12.3. The number of nitrogens with zero attached hydrogens (tertiary/aromatic N) is 2. The van der Waals surface area contributed by atoms with Crippen molar-refractivity contribution in [3.8, 4) is 22.4 Å². The van der Waals surface area contributed by atoms with Crippen molar-refractivity contribution >= 4 is 32.5 Å². The Morgan fingerprint density at radius 2 is 2.08 bits per heavy atom. The maximum absolute atomic E-state index is 12.3. The molecule has 0 radical (unpaired) electrons. The molecule has 0 aliphatic heterocycles. The predicted octanol–water partition coefficient (Wildman–Crippen LogP) is 3.97. The molecule has 4 rings (SSSR count). The fourth-order valence-corrected chi connectivity index (χ4v) is 3.40. The molecular weight excluding hydrogens is 324 g/mol. The Morgan fingerprint density at radius 3 is 2.92 bits per heavy atom. The van der Waals surface area contributed by atoms with E-state index in [2.05, 4.69) is 4.98 Å². The number of thiazole rings is 1. The third kappa shape index (κ3) is 2.51. The van der Waals surface area contributed by atoms with E-state index < -0.39 is 5.63 Å². The number of fused-ring (bicyclic) bond motifs is 2. The van der Waals surface area contributed by atoms with Gasteiger partial charge in [-0.05, 0) is 30.3 Å². The summed E-state index contributed by atoms with van der Waals surface area (Å²) in [6, 6.07) is 16.5. The van der Waals surface area contributed by atoms with Gasteiger partial charge in [-0.1, -0.05) is 12.1 Å². The minimum atomic E-state index is -0.445. The summed E-state index contributed by atoms with van der Waals surface area (Å²) in [5.74, 6) is 0.486. The number of rotatable bonds is 3. The van der Waals surface area contributed by atoms with Gasteiger partial charge < -0.3 is 9.15 Å². The molecule has 6 heteroatoms. The number of ether oxygens (including phenoxy) is 1. The summed E-state index contributed by atoms with van der Waals surface area (Å²) in [6.45, 7) is -0.0560. The van der Waals surface area contributed by atoms with Gasteiger partial charge in [0.15, 0.2) is 6.61 Å². The molecule has 0 spiro atoms. The molecule has 0 aliphatic rings. The summed E-state index contributed by atoms with van der Waals surface area (Å²) >= 11 is 1.46. The van der Waals surface area contributed by atoms with Gasteiger partial charge in [0.25, 0.3) is 0 Å². The second-order valence-electron chi connectivity index (χ2n) is 5.08. The second-order valence-corrected chi connectivity index (χ2v) is 6.11. The molecule has 4 aromatic rings. The summed E-state index contributed by atoms with van der Waals surface area (Å²) < 4.78 is 11.7. The van der Waals surface area contributed by atoms with Crippen molar-refractivity contribution in [1.82, 2.24) is 4.98 Å². The zero-order valence-electron chi connectivity index (χ0n) is 12.4. The highest BCUT2D eigenvalue weighted by molar-refractivity contribution is 7.21. The van der Waals surface area contributed by atoms with Crippen LogP contribution in [-0.2, 0) is 0 Å². The van der Waals surface area contributed by atoms with Crippen LogP contribution in [0.2, 0.25) is 0 Å². The lowest BCUT2D eigenvalue weighted by atomic mass is 10.2. The molecule has 5 nitrogen and oxygen atoms in total. The standard InChI is InChI=1S/C18H10N2O3S/c19-7-8-22-12-6-5-11-9-13(18(21)23-15(11)10-12)17-20-14-3-1-2-4-16(14)24-17/h1-6,9-10H,8H2. The van der Waals surface area contributed by atoms with Crippen LogP contribution in [0.3, 0.4) is 0 Å². The number of aromatic nitrogens is 1. The van der Waals surface area contributed by atoms with Crippen molar-refractivity contribution < 1.29 is 9.15 Å². The first kappa shape index (κ1) is 14.4. The lowest BCUT2D eigenvalue weighted by Crippen LogP contribution is -2.02. The normalized spacial score (nSPS) is 10.8. The zero-order valence-corrected chi connectivity index (χ0v) is 13.2. The van der Waals surface area contributed by atoms with Crippen LogP contribution in [0.15, 0.2) is 57.7 Å². The molecule has 0 unspecified atom stereocenters. The number of nitriles is 1. The largest absolute Gasteiger partial charge is 0.479 e. The highest BCUT2D eigenvalue weighted by Crippen LogP contribution is 2.30. The second kappa shape index (κ2) is 5.80. The van der Waals surface area contributed by atoms with Crippen LogP contribution in [0.1, 0.15) is 0 Å². The van der Waals surface area contributed by atoms with E-state index in [0.29, 0.717) is 21.9 Å². The summed E-state index contributed by atoms with van der Waals surface area (Å²) in [5, 5.41) is 9.96. The van der Waals surface area contributed by atoms with Gasteiger partial charge in [-0.25, -0.2) is 9.78 Å². The molecule has 0 fully saturated rings. The van der Waals surface area contributed by atoms with Crippen molar-refractivity contribution in [3.63, 3.8) is 0 Å². The molecular formula is C18H10N2O3S. The van der Waals surface area contributed by atoms with E-state index >= 15 is 0 Å². The van der Waals surface area contributed by atoms with Crippen molar-refractivity contribution in [1.29, 1.82) is 5.26 Å². The molecule has 24 heavy (non-hydrogen) atoms. The third-order valence-corrected chi connectivity index (χ3v) is 4.60. The zero-order chi connectivity index (χ0) is 16.5. The van der Waals surface area contributed by atoms with Crippen LogP contribution in [-0.4, -0.2) is 11.6 Å². The minimum Gasteiger partial charge on any atom is -0.479 e. The number of hydrogen-bond donors (Lipinski definition) is 0. The molecule has 0 amide bonds. The SMILES string of the molecule is N#CCOc1ccc2cc(-c3nc4ccccc4s3)c(=O)oc2c1. The van der Waals surface area contributed by atoms with Crippen LogP contribution in [0.4, 0.5) is 0 Å². The molecule has 2 aromatic heterocycles. The van der Waals surface area contributed by atoms with E-state index in [1.807, 2.05) is 30.3 Å². The lowest BCUT2D eigenvalue weighted by molar-refractivity contribution is 0.368. The smallest absolute Gasteiger partial charge is 0.346 e. The maximum Gasteiger partial charge on any atom is 0.346 e. The number of hydrogen-bond acceptors (Lipinski definition) is 6. The molecule has 0 N–H and O–H groups in total. The number of para-hydroxylation sites is 1. The van der Waals surface area contributed by atoms with Gasteiger partial charge >= 0.3 is 5.63 Å². The molecule has 116 valence electrons. The molecule has 0 saturated carbocycles. The van der Waals surface area contributed by atoms with Crippen LogP contribution >= 0.6 is 11.3 Å². The number of benzene rings is 2. The Balaban J connectivity index is 1.83. The van der Waals surface area contributed by atoms with Crippen LogP contribution in [0.5, 0.6) is 5.75 Å². The first-order chi connectivity index (χ1) is 11.7. The van der Waals surface area contributed by atoms with Gasteiger partial charge in [0.1, 0.15) is 22.4 Å². The predicted molar refractivity (Wildman–Crippen MR) is 92.2 cm³/mol. The van der Waals surface area contributed by atoms with Crippen LogP contribution < -0.4 is 10.4 Å². The molecule has 0 saturated heterocycles. The van der Waals surface area contributed by atoms with Gasteiger partial charge in [-0.2, -0.15) is 5.26 Å². The van der Waals surface area contributed by atoms with Crippen molar-refractivity contribution in [2.45, 2.75) is 0 Å². The van der Waals surface area contributed by atoms with Crippen molar-refractivity contribution in [2.24, 2.45) is 0 Å². The highest BCUT2D eigenvalue weighted by Gasteiger charge is 2.13. The Bertz CT molecular complexity index is 1120. The van der Waals surface area contributed by atoms with E-state index in [9.17, 15) is 4.79 Å². The van der Waals surface area contributed by atoms with E-state index in [1.54, 1.807) is 24.3 Å². The molecule has 0 bridgehead atoms. The average Bonchev–Trinajstić information content (AvgIpc) is 3.03.